The fourth-order valence-electron chi connectivity index (χ4n) is 4.18. The molecule has 7 nitrogen and oxygen atoms in total. The van der Waals surface area contributed by atoms with E-state index in [9.17, 15) is 22.4 Å². The van der Waals surface area contributed by atoms with E-state index >= 15 is 0 Å². The van der Waals surface area contributed by atoms with Crippen molar-refractivity contribution in [3.8, 4) is 0 Å². The van der Waals surface area contributed by atoms with E-state index in [1.807, 2.05) is 0 Å². The molecule has 1 aliphatic carbocycles. The molecule has 35 heavy (non-hydrogen) atoms. The van der Waals surface area contributed by atoms with E-state index in [0.717, 1.165) is 54.3 Å². The molecule has 3 rings (SSSR count). The van der Waals surface area contributed by atoms with Gasteiger partial charge in [0.15, 0.2) is 0 Å². The quantitative estimate of drug-likeness (QED) is 0.536. The van der Waals surface area contributed by atoms with Crippen LogP contribution in [0.2, 0.25) is 5.02 Å². The number of rotatable bonds is 9. The number of anilines is 1. The van der Waals surface area contributed by atoms with Crippen LogP contribution in [0, 0.1) is 5.82 Å². The van der Waals surface area contributed by atoms with Crippen LogP contribution in [0.5, 0.6) is 0 Å². The fraction of sp³-hybridized carbons (Fsp3) is 0.440. The minimum Gasteiger partial charge on any atom is -0.352 e. The zero-order valence-corrected chi connectivity index (χ0v) is 21.5. The van der Waals surface area contributed by atoms with Crippen molar-refractivity contribution in [2.75, 3.05) is 17.1 Å². The Morgan fingerprint density at radius 3 is 2.37 bits per heavy atom. The molecule has 0 bridgehead atoms. The molecule has 1 aliphatic rings. The van der Waals surface area contributed by atoms with E-state index in [4.69, 9.17) is 11.6 Å². The monoisotopic (exact) mass is 523 g/mol. The highest BCUT2D eigenvalue weighted by Crippen LogP contribution is 2.21. The average Bonchev–Trinajstić information content (AvgIpc) is 2.81. The van der Waals surface area contributed by atoms with Gasteiger partial charge in [0.25, 0.3) is 0 Å². The molecule has 1 fully saturated rings. The molecule has 0 radical (unpaired) electrons. The summed E-state index contributed by atoms with van der Waals surface area (Å²) in [6, 6.07) is 11.1. The Kier molecular flexibility index (Phi) is 9.13. The third kappa shape index (κ3) is 7.67. The van der Waals surface area contributed by atoms with Gasteiger partial charge in [0.1, 0.15) is 18.4 Å². The first-order valence-corrected chi connectivity index (χ1v) is 13.8. The summed E-state index contributed by atoms with van der Waals surface area (Å²) < 4.78 is 39.7. The van der Waals surface area contributed by atoms with Crippen LogP contribution in [0.3, 0.4) is 0 Å². The van der Waals surface area contributed by atoms with Crippen LogP contribution in [-0.4, -0.2) is 50.0 Å². The average molecular weight is 524 g/mol. The SMILES string of the molecule is CC(C(=O)NC1CCCCC1)N(Cc1ccc(Cl)cc1)C(=O)CN(c1cccc(F)c1)S(C)(=O)=O. The van der Waals surface area contributed by atoms with Crippen LogP contribution in [0.4, 0.5) is 10.1 Å². The summed E-state index contributed by atoms with van der Waals surface area (Å²) in [7, 11) is -3.91. The molecule has 1 unspecified atom stereocenters. The molecule has 2 aromatic rings. The van der Waals surface area contributed by atoms with Crippen molar-refractivity contribution in [2.45, 2.75) is 57.7 Å². The van der Waals surface area contributed by atoms with Gasteiger partial charge in [-0.1, -0.05) is 49.1 Å². The van der Waals surface area contributed by atoms with Crippen molar-refractivity contribution in [3.05, 3.63) is 64.9 Å². The number of sulfonamides is 1. The van der Waals surface area contributed by atoms with Crippen molar-refractivity contribution < 1.29 is 22.4 Å². The molecule has 190 valence electrons. The number of amides is 2. The maximum absolute atomic E-state index is 13.8. The highest BCUT2D eigenvalue weighted by molar-refractivity contribution is 7.92. The third-order valence-electron chi connectivity index (χ3n) is 6.16. The fourth-order valence-corrected chi connectivity index (χ4v) is 5.15. The summed E-state index contributed by atoms with van der Waals surface area (Å²) in [5, 5.41) is 3.57. The number of carbonyl (C=O) groups excluding carboxylic acids is 2. The summed E-state index contributed by atoms with van der Waals surface area (Å²) in [4.78, 5) is 27.9. The molecule has 1 N–H and O–H groups in total. The molecule has 0 heterocycles. The van der Waals surface area contributed by atoms with E-state index < -0.39 is 34.3 Å². The maximum atomic E-state index is 13.8. The number of nitrogens with zero attached hydrogens (tertiary/aromatic N) is 2. The largest absolute Gasteiger partial charge is 0.352 e. The third-order valence-corrected chi connectivity index (χ3v) is 7.55. The second-order valence-corrected chi connectivity index (χ2v) is 11.3. The topological polar surface area (TPSA) is 86.8 Å². The molecular weight excluding hydrogens is 493 g/mol. The highest BCUT2D eigenvalue weighted by Gasteiger charge is 2.31. The van der Waals surface area contributed by atoms with Crippen LogP contribution in [0.1, 0.15) is 44.6 Å². The van der Waals surface area contributed by atoms with Gasteiger partial charge in [-0.05, 0) is 55.7 Å². The van der Waals surface area contributed by atoms with Crippen molar-refractivity contribution in [3.63, 3.8) is 0 Å². The predicted molar refractivity (Wildman–Crippen MR) is 135 cm³/mol. The lowest BCUT2D eigenvalue weighted by Crippen LogP contribution is -2.52. The Morgan fingerprint density at radius 1 is 1.11 bits per heavy atom. The lowest BCUT2D eigenvalue weighted by molar-refractivity contribution is -0.139. The zero-order chi connectivity index (χ0) is 25.6. The molecule has 0 aromatic heterocycles. The summed E-state index contributed by atoms with van der Waals surface area (Å²) in [6.07, 6.45) is 5.97. The standard InChI is InChI=1S/C25H31ClFN3O4S/c1-18(25(32)28-22-8-4-3-5-9-22)29(16-19-11-13-20(26)14-12-19)24(31)17-30(35(2,33)34)23-10-6-7-21(27)15-23/h6-7,10-15,18,22H,3-5,8-9,16-17H2,1-2H3,(H,28,32). The highest BCUT2D eigenvalue weighted by atomic mass is 35.5. The van der Waals surface area contributed by atoms with Crippen LogP contribution >= 0.6 is 11.6 Å². The lowest BCUT2D eigenvalue weighted by Gasteiger charge is -2.33. The summed E-state index contributed by atoms with van der Waals surface area (Å²) in [6.45, 7) is 1.13. The Balaban J connectivity index is 1.86. The summed E-state index contributed by atoms with van der Waals surface area (Å²) >= 11 is 5.98. The van der Waals surface area contributed by atoms with E-state index in [0.29, 0.717) is 5.02 Å². The summed E-state index contributed by atoms with van der Waals surface area (Å²) in [5.74, 6) is -1.50. The molecule has 1 saturated carbocycles. The maximum Gasteiger partial charge on any atom is 0.244 e. The van der Waals surface area contributed by atoms with Gasteiger partial charge in [0.05, 0.1) is 11.9 Å². The van der Waals surface area contributed by atoms with Crippen molar-refractivity contribution in [1.82, 2.24) is 10.2 Å². The molecule has 10 heteroatoms. The second-order valence-electron chi connectivity index (χ2n) is 8.92. The smallest absolute Gasteiger partial charge is 0.244 e. The van der Waals surface area contributed by atoms with E-state index in [-0.39, 0.29) is 24.2 Å². The first-order valence-electron chi connectivity index (χ1n) is 11.6. The molecule has 2 aromatic carbocycles. The number of hydrogen-bond donors (Lipinski definition) is 1. The summed E-state index contributed by atoms with van der Waals surface area (Å²) in [5.41, 5.74) is 0.767. The van der Waals surface area contributed by atoms with Gasteiger partial charge in [0, 0.05) is 17.6 Å². The minimum absolute atomic E-state index is 0.0339. The van der Waals surface area contributed by atoms with Gasteiger partial charge < -0.3 is 10.2 Å². The number of halogens is 2. The molecule has 1 atom stereocenters. The molecule has 0 saturated heterocycles. The van der Waals surface area contributed by atoms with Crippen LogP contribution in [-0.2, 0) is 26.2 Å². The first-order chi connectivity index (χ1) is 16.5. The van der Waals surface area contributed by atoms with Gasteiger partial charge in [-0.3, -0.25) is 13.9 Å². The minimum atomic E-state index is -3.91. The Morgan fingerprint density at radius 2 is 1.77 bits per heavy atom. The Labute approximate surface area is 211 Å². The Bertz CT molecular complexity index is 1140. The van der Waals surface area contributed by atoms with Gasteiger partial charge in [-0.2, -0.15) is 0 Å². The van der Waals surface area contributed by atoms with Gasteiger partial charge in [-0.15, -0.1) is 0 Å². The lowest BCUT2D eigenvalue weighted by atomic mass is 9.95. The van der Waals surface area contributed by atoms with Crippen LogP contribution in [0.15, 0.2) is 48.5 Å². The Hall–Kier alpha value is -2.65. The number of nitrogens with one attached hydrogen (secondary N) is 1. The zero-order valence-electron chi connectivity index (χ0n) is 19.9. The normalized spacial score (nSPS) is 15.3. The van der Waals surface area contributed by atoms with Crippen LogP contribution in [0.25, 0.3) is 0 Å². The van der Waals surface area contributed by atoms with E-state index in [1.54, 1.807) is 31.2 Å². The molecule has 0 aliphatic heterocycles. The van der Waals surface area contributed by atoms with Crippen molar-refractivity contribution in [1.29, 1.82) is 0 Å². The number of hydrogen-bond acceptors (Lipinski definition) is 4. The van der Waals surface area contributed by atoms with Gasteiger partial charge in [0.2, 0.25) is 21.8 Å². The van der Waals surface area contributed by atoms with Crippen molar-refractivity contribution in [2.24, 2.45) is 0 Å². The van der Waals surface area contributed by atoms with Gasteiger partial charge in [-0.25, -0.2) is 12.8 Å². The molecular formula is C25H31ClFN3O4S. The number of carbonyl (C=O) groups is 2. The van der Waals surface area contributed by atoms with Crippen LogP contribution < -0.4 is 9.62 Å². The van der Waals surface area contributed by atoms with Gasteiger partial charge >= 0.3 is 0 Å². The van der Waals surface area contributed by atoms with E-state index in [2.05, 4.69) is 5.32 Å². The number of benzene rings is 2. The second kappa shape index (κ2) is 11.9. The predicted octanol–water partition coefficient (Wildman–Crippen LogP) is 4.11. The van der Waals surface area contributed by atoms with E-state index in [1.165, 1.54) is 23.1 Å². The molecule has 2 amide bonds. The molecule has 0 spiro atoms. The van der Waals surface area contributed by atoms with Crippen molar-refractivity contribution >= 4 is 39.1 Å². The first kappa shape index (κ1) is 26.9.